The van der Waals surface area contributed by atoms with Crippen LogP contribution >= 0.6 is 11.6 Å². The number of halogens is 1. The van der Waals surface area contributed by atoms with Crippen LogP contribution in [0.25, 0.3) is 0 Å². The lowest BCUT2D eigenvalue weighted by atomic mass is 10.0. The first-order valence-electron chi connectivity index (χ1n) is 6.24. The SMILES string of the molecule is CCC(C)CN(C)C(CN)c1ccccc1Cl. The molecule has 2 N–H and O–H groups in total. The van der Waals surface area contributed by atoms with E-state index in [1.54, 1.807) is 0 Å². The molecule has 0 fully saturated rings. The Hall–Kier alpha value is -0.570. The van der Waals surface area contributed by atoms with E-state index in [0.717, 1.165) is 17.1 Å². The molecule has 17 heavy (non-hydrogen) atoms. The number of rotatable bonds is 6. The normalized spacial score (nSPS) is 14.9. The van der Waals surface area contributed by atoms with Gasteiger partial charge in [0.15, 0.2) is 0 Å². The lowest BCUT2D eigenvalue weighted by molar-refractivity contribution is 0.215. The molecule has 0 radical (unpaired) electrons. The van der Waals surface area contributed by atoms with Crippen molar-refractivity contribution in [3.63, 3.8) is 0 Å². The Kier molecular flexibility index (Phi) is 5.96. The second-order valence-electron chi connectivity index (χ2n) is 4.73. The summed E-state index contributed by atoms with van der Waals surface area (Å²) in [5.41, 5.74) is 7.02. The zero-order valence-corrected chi connectivity index (χ0v) is 11.7. The van der Waals surface area contributed by atoms with Gasteiger partial charge in [0.25, 0.3) is 0 Å². The van der Waals surface area contributed by atoms with Crippen molar-refractivity contribution < 1.29 is 0 Å². The van der Waals surface area contributed by atoms with Crippen molar-refractivity contribution >= 4 is 11.6 Å². The van der Waals surface area contributed by atoms with E-state index in [-0.39, 0.29) is 6.04 Å². The minimum atomic E-state index is 0.206. The Morgan fingerprint density at radius 1 is 1.35 bits per heavy atom. The van der Waals surface area contributed by atoms with Crippen LogP contribution in [-0.4, -0.2) is 25.0 Å². The van der Waals surface area contributed by atoms with E-state index in [1.165, 1.54) is 6.42 Å². The highest BCUT2D eigenvalue weighted by Crippen LogP contribution is 2.26. The summed E-state index contributed by atoms with van der Waals surface area (Å²) >= 11 is 6.23. The molecule has 0 aliphatic heterocycles. The first kappa shape index (κ1) is 14.5. The fourth-order valence-electron chi connectivity index (χ4n) is 2.04. The minimum Gasteiger partial charge on any atom is -0.329 e. The topological polar surface area (TPSA) is 29.3 Å². The number of nitrogens with two attached hydrogens (primary N) is 1. The molecule has 1 aromatic rings. The van der Waals surface area contributed by atoms with Gasteiger partial charge in [-0.05, 0) is 24.6 Å². The maximum atomic E-state index is 6.23. The molecule has 1 rings (SSSR count). The number of nitrogens with zero attached hydrogens (tertiary/aromatic N) is 1. The monoisotopic (exact) mass is 254 g/mol. The molecule has 0 bridgehead atoms. The lowest BCUT2D eigenvalue weighted by Gasteiger charge is -2.30. The first-order chi connectivity index (χ1) is 8.10. The minimum absolute atomic E-state index is 0.206. The Balaban J connectivity index is 2.81. The molecule has 0 aliphatic carbocycles. The molecule has 2 atom stereocenters. The van der Waals surface area contributed by atoms with Gasteiger partial charge in [0, 0.05) is 24.2 Å². The number of hydrogen-bond acceptors (Lipinski definition) is 2. The Morgan fingerprint density at radius 2 is 2.00 bits per heavy atom. The third-order valence-corrected chi connectivity index (χ3v) is 3.66. The van der Waals surface area contributed by atoms with Crippen LogP contribution in [0.4, 0.5) is 0 Å². The zero-order chi connectivity index (χ0) is 12.8. The highest BCUT2D eigenvalue weighted by molar-refractivity contribution is 6.31. The summed E-state index contributed by atoms with van der Waals surface area (Å²) in [4.78, 5) is 2.30. The first-order valence-corrected chi connectivity index (χ1v) is 6.62. The fraction of sp³-hybridized carbons (Fsp3) is 0.571. The van der Waals surface area contributed by atoms with Crippen LogP contribution in [0.5, 0.6) is 0 Å². The molecular weight excluding hydrogens is 232 g/mol. The number of benzene rings is 1. The van der Waals surface area contributed by atoms with E-state index in [2.05, 4.69) is 31.9 Å². The zero-order valence-electron chi connectivity index (χ0n) is 11.0. The van der Waals surface area contributed by atoms with Crippen molar-refractivity contribution in [3.05, 3.63) is 34.9 Å². The summed E-state index contributed by atoms with van der Waals surface area (Å²) < 4.78 is 0. The molecule has 0 aromatic heterocycles. The molecule has 0 amide bonds. The van der Waals surface area contributed by atoms with Gasteiger partial charge in [0.1, 0.15) is 0 Å². The van der Waals surface area contributed by atoms with Crippen molar-refractivity contribution in [2.45, 2.75) is 26.3 Å². The smallest absolute Gasteiger partial charge is 0.0482 e. The van der Waals surface area contributed by atoms with E-state index in [9.17, 15) is 0 Å². The maximum Gasteiger partial charge on any atom is 0.0482 e. The van der Waals surface area contributed by atoms with Crippen LogP contribution in [0.2, 0.25) is 5.02 Å². The molecule has 2 nitrogen and oxygen atoms in total. The highest BCUT2D eigenvalue weighted by atomic mass is 35.5. The third-order valence-electron chi connectivity index (χ3n) is 3.32. The molecule has 0 heterocycles. The van der Waals surface area contributed by atoms with Crippen molar-refractivity contribution in [2.24, 2.45) is 11.7 Å². The van der Waals surface area contributed by atoms with Crippen LogP contribution in [0, 0.1) is 5.92 Å². The predicted molar refractivity (Wildman–Crippen MR) is 75.3 cm³/mol. The van der Waals surface area contributed by atoms with Gasteiger partial charge in [-0.25, -0.2) is 0 Å². The van der Waals surface area contributed by atoms with Gasteiger partial charge >= 0.3 is 0 Å². The fourth-order valence-corrected chi connectivity index (χ4v) is 2.30. The van der Waals surface area contributed by atoms with Crippen LogP contribution in [-0.2, 0) is 0 Å². The number of likely N-dealkylation sites (N-methyl/N-ethyl adjacent to an activating group) is 1. The quantitative estimate of drug-likeness (QED) is 0.844. The van der Waals surface area contributed by atoms with Crippen molar-refractivity contribution in [2.75, 3.05) is 20.1 Å². The average Bonchev–Trinajstić information content (AvgIpc) is 2.32. The average molecular weight is 255 g/mol. The molecule has 0 aliphatic rings. The molecule has 0 saturated carbocycles. The van der Waals surface area contributed by atoms with E-state index >= 15 is 0 Å². The predicted octanol–water partition coefficient (Wildman–Crippen LogP) is 3.32. The van der Waals surface area contributed by atoms with Crippen LogP contribution in [0.15, 0.2) is 24.3 Å². The Morgan fingerprint density at radius 3 is 2.53 bits per heavy atom. The Labute approximate surface area is 110 Å². The summed E-state index contributed by atoms with van der Waals surface area (Å²) in [6.45, 7) is 6.11. The summed E-state index contributed by atoms with van der Waals surface area (Å²) in [5.74, 6) is 0.677. The largest absolute Gasteiger partial charge is 0.329 e. The van der Waals surface area contributed by atoms with E-state index in [0.29, 0.717) is 12.5 Å². The molecule has 2 unspecified atom stereocenters. The van der Waals surface area contributed by atoms with E-state index in [1.807, 2.05) is 18.2 Å². The van der Waals surface area contributed by atoms with Crippen LogP contribution < -0.4 is 5.73 Å². The molecule has 0 saturated heterocycles. The molecule has 96 valence electrons. The standard InChI is InChI=1S/C14H23ClN2/c1-4-11(2)10-17(3)14(9-16)12-7-5-6-8-13(12)15/h5-8,11,14H,4,9-10,16H2,1-3H3. The summed E-state index contributed by atoms with van der Waals surface area (Å²) in [7, 11) is 2.12. The molecule has 0 spiro atoms. The molecular formula is C14H23ClN2. The van der Waals surface area contributed by atoms with Gasteiger partial charge in [-0.15, -0.1) is 0 Å². The van der Waals surface area contributed by atoms with Gasteiger partial charge in [-0.1, -0.05) is 50.1 Å². The van der Waals surface area contributed by atoms with Crippen molar-refractivity contribution in [1.82, 2.24) is 4.90 Å². The Bertz CT molecular complexity index is 341. The third kappa shape index (κ3) is 3.98. The van der Waals surface area contributed by atoms with Crippen molar-refractivity contribution in [1.29, 1.82) is 0 Å². The van der Waals surface area contributed by atoms with Gasteiger partial charge in [0.05, 0.1) is 0 Å². The second kappa shape index (κ2) is 7.00. The molecule has 3 heteroatoms. The number of hydrogen-bond donors (Lipinski definition) is 1. The van der Waals surface area contributed by atoms with Crippen LogP contribution in [0.1, 0.15) is 31.9 Å². The van der Waals surface area contributed by atoms with E-state index in [4.69, 9.17) is 17.3 Å². The van der Waals surface area contributed by atoms with Gasteiger partial charge in [-0.3, -0.25) is 4.90 Å². The van der Waals surface area contributed by atoms with Crippen LogP contribution in [0.3, 0.4) is 0 Å². The maximum absolute atomic E-state index is 6.23. The summed E-state index contributed by atoms with van der Waals surface area (Å²) in [6, 6.07) is 8.16. The van der Waals surface area contributed by atoms with Gasteiger partial charge in [-0.2, -0.15) is 0 Å². The van der Waals surface area contributed by atoms with E-state index < -0.39 is 0 Å². The van der Waals surface area contributed by atoms with Gasteiger partial charge in [0.2, 0.25) is 0 Å². The summed E-state index contributed by atoms with van der Waals surface area (Å²) in [6.07, 6.45) is 1.18. The molecule has 1 aromatic carbocycles. The lowest BCUT2D eigenvalue weighted by Crippen LogP contribution is -2.33. The van der Waals surface area contributed by atoms with Crippen molar-refractivity contribution in [3.8, 4) is 0 Å². The van der Waals surface area contributed by atoms with Gasteiger partial charge < -0.3 is 5.73 Å². The second-order valence-corrected chi connectivity index (χ2v) is 5.13. The summed E-state index contributed by atoms with van der Waals surface area (Å²) in [5, 5.41) is 0.805. The highest BCUT2D eigenvalue weighted by Gasteiger charge is 2.18.